The van der Waals surface area contributed by atoms with E-state index in [0.717, 1.165) is 56.0 Å². The quantitative estimate of drug-likeness (QED) is 0.393. The van der Waals surface area contributed by atoms with Crippen LogP contribution in [0.25, 0.3) is 33.3 Å². The SMILES string of the molecule is Cc1ccnc(Cn2cc(-c3ccc(C(=O)O)cc3)c3ncc(-c4c(C)noc4C)cc32)c1. The Morgan fingerprint density at radius 1 is 1.03 bits per heavy atom. The number of rotatable bonds is 5. The number of aromatic carboxylic acids is 1. The van der Waals surface area contributed by atoms with E-state index in [0.29, 0.717) is 6.54 Å². The van der Waals surface area contributed by atoms with Gasteiger partial charge >= 0.3 is 5.97 Å². The molecule has 1 aromatic carbocycles. The summed E-state index contributed by atoms with van der Waals surface area (Å²) in [5.41, 5.74) is 8.66. The van der Waals surface area contributed by atoms with Crippen LogP contribution in [0.4, 0.5) is 0 Å². The number of aryl methyl sites for hydroxylation is 3. The monoisotopic (exact) mass is 438 g/mol. The summed E-state index contributed by atoms with van der Waals surface area (Å²) in [6, 6.07) is 13.0. The normalized spacial score (nSPS) is 11.2. The van der Waals surface area contributed by atoms with Gasteiger partial charge in [0, 0.05) is 35.3 Å². The maximum atomic E-state index is 11.3. The third kappa shape index (κ3) is 3.78. The Morgan fingerprint density at radius 3 is 2.48 bits per heavy atom. The van der Waals surface area contributed by atoms with E-state index in [1.54, 1.807) is 12.1 Å². The number of pyridine rings is 2. The summed E-state index contributed by atoms with van der Waals surface area (Å²) in [4.78, 5) is 20.6. The standard InChI is InChI=1S/C26H22N4O3/c1-15-8-9-27-21(10-15)13-30-14-22(18-4-6-19(7-5-18)26(31)32)25-23(30)11-20(12-28-25)24-16(2)29-33-17(24)3/h4-12,14H,13H2,1-3H3,(H,31,32). The first-order chi connectivity index (χ1) is 15.9. The molecule has 7 nitrogen and oxygen atoms in total. The second-order valence-electron chi connectivity index (χ2n) is 8.17. The Morgan fingerprint density at radius 2 is 1.82 bits per heavy atom. The maximum absolute atomic E-state index is 11.3. The minimum absolute atomic E-state index is 0.250. The minimum Gasteiger partial charge on any atom is -0.478 e. The van der Waals surface area contributed by atoms with Crippen LogP contribution >= 0.6 is 0 Å². The van der Waals surface area contributed by atoms with E-state index < -0.39 is 5.97 Å². The van der Waals surface area contributed by atoms with Crippen LogP contribution in [0.15, 0.2) is 65.6 Å². The van der Waals surface area contributed by atoms with Crippen LogP contribution in [0.1, 0.15) is 33.1 Å². The second-order valence-corrected chi connectivity index (χ2v) is 8.17. The van der Waals surface area contributed by atoms with Crippen LogP contribution in [-0.4, -0.2) is 30.8 Å². The molecule has 0 fully saturated rings. The molecule has 4 aromatic heterocycles. The highest BCUT2D eigenvalue weighted by Crippen LogP contribution is 2.34. The van der Waals surface area contributed by atoms with E-state index >= 15 is 0 Å². The summed E-state index contributed by atoms with van der Waals surface area (Å²) in [6.45, 7) is 6.44. The molecule has 4 heterocycles. The average molecular weight is 438 g/mol. The Kier molecular flexibility index (Phi) is 5.01. The summed E-state index contributed by atoms with van der Waals surface area (Å²) in [6.07, 6.45) is 5.70. The number of carboxylic acids is 1. The number of fused-ring (bicyclic) bond motifs is 1. The van der Waals surface area contributed by atoms with Gasteiger partial charge in [-0.2, -0.15) is 0 Å². The van der Waals surface area contributed by atoms with Gasteiger partial charge in [-0.25, -0.2) is 4.79 Å². The van der Waals surface area contributed by atoms with Gasteiger partial charge < -0.3 is 14.2 Å². The number of hydrogen-bond donors (Lipinski definition) is 1. The number of aromatic nitrogens is 4. The van der Waals surface area contributed by atoms with Crippen molar-refractivity contribution in [2.45, 2.75) is 27.3 Å². The number of carbonyl (C=O) groups is 1. The Balaban J connectivity index is 1.68. The molecular weight excluding hydrogens is 416 g/mol. The van der Waals surface area contributed by atoms with Gasteiger partial charge in [0.1, 0.15) is 5.76 Å². The Hall–Kier alpha value is -4.26. The van der Waals surface area contributed by atoms with Gasteiger partial charge in [-0.3, -0.25) is 9.97 Å². The Labute approximate surface area is 190 Å². The molecule has 5 rings (SSSR count). The molecular formula is C26H22N4O3. The number of hydrogen-bond acceptors (Lipinski definition) is 5. The first-order valence-corrected chi connectivity index (χ1v) is 10.6. The van der Waals surface area contributed by atoms with Crippen molar-refractivity contribution in [1.29, 1.82) is 0 Å². The van der Waals surface area contributed by atoms with Crippen LogP contribution in [0.5, 0.6) is 0 Å². The minimum atomic E-state index is -0.947. The molecule has 0 aliphatic rings. The van der Waals surface area contributed by atoms with Crippen LogP contribution in [0.3, 0.4) is 0 Å². The van der Waals surface area contributed by atoms with Crippen molar-refractivity contribution >= 4 is 17.0 Å². The fraction of sp³-hybridized carbons (Fsp3) is 0.154. The lowest BCUT2D eigenvalue weighted by atomic mass is 10.0. The van der Waals surface area contributed by atoms with Crippen LogP contribution in [0, 0.1) is 20.8 Å². The van der Waals surface area contributed by atoms with Crippen LogP contribution in [-0.2, 0) is 6.54 Å². The summed E-state index contributed by atoms with van der Waals surface area (Å²) in [5, 5.41) is 13.3. The third-order valence-corrected chi connectivity index (χ3v) is 5.79. The molecule has 0 unspecified atom stereocenters. The largest absolute Gasteiger partial charge is 0.478 e. The molecule has 0 radical (unpaired) electrons. The smallest absolute Gasteiger partial charge is 0.335 e. The van der Waals surface area contributed by atoms with Gasteiger partial charge in [0.05, 0.1) is 34.5 Å². The highest BCUT2D eigenvalue weighted by atomic mass is 16.5. The number of carboxylic acid groups (broad SMARTS) is 1. The second kappa shape index (κ2) is 8.02. The van der Waals surface area contributed by atoms with Gasteiger partial charge in [0.2, 0.25) is 0 Å². The maximum Gasteiger partial charge on any atom is 0.335 e. The van der Waals surface area contributed by atoms with Gasteiger partial charge in [-0.15, -0.1) is 0 Å². The molecule has 33 heavy (non-hydrogen) atoms. The molecule has 0 aliphatic carbocycles. The zero-order valence-corrected chi connectivity index (χ0v) is 18.5. The summed E-state index contributed by atoms with van der Waals surface area (Å²) in [7, 11) is 0. The number of benzene rings is 1. The van der Waals surface area contributed by atoms with Crippen molar-refractivity contribution in [3.8, 4) is 22.3 Å². The molecule has 1 N–H and O–H groups in total. The van der Waals surface area contributed by atoms with Gasteiger partial charge in [-0.1, -0.05) is 17.3 Å². The van der Waals surface area contributed by atoms with Crippen molar-refractivity contribution in [3.05, 3.63) is 89.3 Å². The van der Waals surface area contributed by atoms with E-state index in [-0.39, 0.29) is 5.56 Å². The molecule has 0 spiro atoms. The molecule has 0 bridgehead atoms. The van der Waals surface area contributed by atoms with Gasteiger partial charge in [0.15, 0.2) is 0 Å². The predicted octanol–water partition coefficient (Wildman–Crippen LogP) is 5.43. The summed E-state index contributed by atoms with van der Waals surface area (Å²) in [5.74, 6) is -0.201. The Bertz CT molecular complexity index is 1480. The topological polar surface area (TPSA) is 94.0 Å². The average Bonchev–Trinajstić information content (AvgIpc) is 3.33. The van der Waals surface area contributed by atoms with Crippen molar-refractivity contribution in [2.24, 2.45) is 0 Å². The highest BCUT2D eigenvalue weighted by molar-refractivity contribution is 5.96. The van der Waals surface area contributed by atoms with Crippen LogP contribution in [0.2, 0.25) is 0 Å². The predicted molar refractivity (Wildman–Crippen MR) is 125 cm³/mol. The molecule has 164 valence electrons. The molecule has 0 amide bonds. The van der Waals surface area contributed by atoms with E-state index in [9.17, 15) is 9.90 Å². The highest BCUT2D eigenvalue weighted by Gasteiger charge is 2.17. The molecule has 7 heteroatoms. The third-order valence-electron chi connectivity index (χ3n) is 5.79. The molecule has 5 aromatic rings. The van der Waals surface area contributed by atoms with Crippen molar-refractivity contribution in [1.82, 2.24) is 19.7 Å². The van der Waals surface area contributed by atoms with Gasteiger partial charge in [-0.05, 0) is 62.2 Å². The molecule has 0 aliphatic heterocycles. The lowest BCUT2D eigenvalue weighted by Gasteiger charge is -2.07. The number of nitrogens with zero attached hydrogens (tertiary/aromatic N) is 4. The fourth-order valence-corrected chi connectivity index (χ4v) is 4.19. The first-order valence-electron chi connectivity index (χ1n) is 10.6. The zero-order valence-electron chi connectivity index (χ0n) is 18.5. The van der Waals surface area contributed by atoms with E-state index in [1.165, 1.54) is 0 Å². The van der Waals surface area contributed by atoms with E-state index in [4.69, 9.17) is 9.51 Å². The zero-order chi connectivity index (χ0) is 23.1. The molecule has 0 atom stereocenters. The first kappa shape index (κ1) is 20.6. The van der Waals surface area contributed by atoms with Gasteiger partial charge in [0.25, 0.3) is 0 Å². The lowest BCUT2D eigenvalue weighted by molar-refractivity contribution is 0.0697. The lowest BCUT2D eigenvalue weighted by Crippen LogP contribution is -2.01. The summed E-state index contributed by atoms with van der Waals surface area (Å²) < 4.78 is 7.49. The molecule has 0 saturated carbocycles. The van der Waals surface area contributed by atoms with Crippen molar-refractivity contribution < 1.29 is 14.4 Å². The van der Waals surface area contributed by atoms with Crippen molar-refractivity contribution in [2.75, 3.05) is 0 Å². The molecule has 0 saturated heterocycles. The van der Waals surface area contributed by atoms with Crippen molar-refractivity contribution in [3.63, 3.8) is 0 Å². The fourth-order valence-electron chi connectivity index (χ4n) is 4.19. The van der Waals surface area contributed by atoms with E-state index in [2.05, 4.69) is 33.0 Å². The van der Waals surface area contributed by atoms with Crippen LogP contribution < -0.4 is 0 Å². The summed E-state index contributed by atoms with van der Waals surface area (Å²) >= 11 is 0. The van der Waals surface area contributed by atoms with E-state index in [1.807, 2.05) is 51.4 Å².